The molecule has 4 heteroatoms. The molecule has 84 valence electrons. The van der Waals surface area contributed by atoms with E-state index in [1.54, 1.807) is 11.3 Å². The second kappa shape index (κ2) is 4.61. The second-order valence-electron chi connectivity index (χ2n) is 3.45. The molecule has 1 heterocycles. The zero-order valence-corrected chi connectivity index (χ0v) is 9.48. The van der Waals surface area contributed by atoms with Gasteiger partial charge in [0, 0.05) is 10.9 Å². The van der Waals surface area contributed by atoms with Gasteiger partial charge in [-0.1, -0.05) is 0 Å². The molecule has 16 heavy (non-hydrogen) atoms. The van der Waals surface area contributed by atoms with E-state index in [-0.39, 0.29) is 5.75 Å². The van der Waals surface area contributed by atoms with Crippen LogP contribution in [-0.4, -0.2) is 0 Å². The normalized spacial score (nSPS) is 10.4. The number of hydrogen-bond donors (Lipinski definition) is 0. The lowest BCUT2D eigenvalue weighted by Gasteiger charge is -2.05. The molecule has 0 amide bonds. The molecule has 1 aromatic carbocycles. The highest BCUT2D eigenvalue weighted by Crippen LogP contribution is 2.21. The predicted octanol–water partition coefficient (Wildman–Crippen LogP) is 3.91. The number of benzene rings is 1. The lowest BCUT2D eigenvalue weighted by atomic mass is 10.3. The maximum absolute atomic E-state index is 13.2. The average molecular weight is 240 g/mol. The highest BCUT2D eigenvalue weighted by molar-refractivity contribution is 7.10. The van der Waals surface area contributed by atoms with Crippen LogP contribution in [0.15, 0.2) is 29.6 Å². The molecular weight excluding hydrogens is 230 g/mol. The van der Waals surface area contributed by atoms with Crippen molar-refractivity contribution in [2.24, 2.45) is 0 Å². The number of halogens is 2. The molecule has 0 N–H and O–H groups in total. The van der Waals surface area contributed by atoms with Gasteiger partial charge in [-0.25, -0.2) is 8.78 Å². The Labute approximate surface area is 96.3 Å². The van der Waals surface area contributed by atoms with E-state index >= 15 is 0 Å². The summed E-state index contributed by atoms with van der Waals surface area (Å²) in [5, 5.41) is 2.00. The fraction of sp³-hybridized carbons (Fsp3) is 0.167. The molecule has 0 fully saturated rings. The summed E-state index contributed by atoms with van der Waals surface area (Å²) in [6, 6.07) is 5.27. The number of rotatable bonds is 3. The van der Waals surface area contributed by atoms with E-state index in [1.807, 2.05) is 18.4 Å². The lowest BCUT2D eigenvalue weighted by molar-refractivity contribution is 0.292. The van der Waals surface area contributed by atoms with Gasteiger partial charge in [0.05, 0.1) is 0 Å². The van der Waals surface area contributed by atoms with Crippen molar-refractivity contribution in [2.45, 2.75) is 13.5 Å². The van der Waals surface area contributed by atoms with E-state index in [9.17, 15) is 8.78 Å². The van der Waals surface area contributed by atoms with Crippen LogP contribution in [0.5, 0.6) is 5.75 Å². The summed E-state index contributed by atoms with van der Waals surface area (Å²) in [5.41, 5.74) is 1.16. The first-order valence-corrected chi connectivity index (χ1v) is 5.65. The zero-order valence-electron chi connectivity index (χ0n) is 8.67. The Kier molecular flexibility index (Phi) is 3.19. The minimum absolute atomic E-state index is 0.0763. The third-order valence-corrected chi connectivity index (χ3v) is 3.08. The molecule has 0 saturated heterocycles. The smallest absolute Gasteiger partial charge is 0.167 e. The number of thiophene rings is 1. The van der Waals surface area contributed by atoms with Gasteiger partial charge >= 0.3 is 0 Å². The van der Waals surface area contributed by atoms with Gasteiger partial charge < -0.3 is 4.74 Å². The molecule has 2 aromatic rings. The minimum Gasteiger partial charge on any atom is -0.485 e. The first kappa shape index (κ1) is 11.1. The highest BCUT2D eigenvalue weighted by atomic mass is 32.1. The molecule has 0 atom stereocenters. The molecular formula is C12H10F2OS. The second-order valence-corrected chi connectivity index (χ2v) is 4.45. The molecule has 0 aliphatic rings. The van der Waals surface area contributed by atoms with Crippen LogP contribution >= 0.6 is 11.3 Å². The fourth-order valence-electron chi connectivity index (χ4n) is 1.31. The molecule has 0 radical (unpaired) electrons. The molecule has 0 spiro atoms. The first-order chi connectivity index (χ1) is 7.65. The van der Waals surface area contributed by atoms with Gasteiger partial charge in [-0.2, -0.15) is 0 Å². The van der Waals surface area contributed by atoms with Crippen molar-refractivity contribution in [1.82, 2.24) is 0 Å². The number of ether oxygens (including phenoxy) is 1. The van der Waals surface area contributed by atoms with E-state index in [1.165, 1.54) is 12.1 Å². The summed E-state index contributed by atoms with van der Waals surface area (Å²) in [6.45, 7) is 2.29. The van der Waals surface area contributed by atoms with Crippen molar-refractivity contribution >= 4 is 11.3 Å². The van der Waals surface area contributed by atoms with E-state index in [4.69, 9.17) is 4.74 Å². The lowest BCUT2D eigenvalue weighted by Crippen LogP contribution is -1.95. The van der Waals surface area contributed by atoms with Gasteiger partial charge in [-0.15, -0.1) is 11.3 Å². The van der Waals surface area contributed by atoms with Crippen LogP contribution in [0.2, 0.25) is 0 Å². The molecule has 0 bridgehead atoms. The van der Waals surface area contributed by atoms with Crippen LogP contribution in [0.4, 0.5) is 8.78 Å². The molecule has 0 aliphatic heterocycles. The van der Waals surface area contributed by atoms with Crippen molar-refractivity contribution in [2.75, 3.05) is 0 Å². The van der Waals surface area contributed by atoms with Crippen LogP contribution in [-0.2, 0) is 6.61 Å². The van der Waals surface area contributed by atoms with Gasteiger partial charge in [0.25, 0.3) is 0 Å². The predicted molar refractivity (Wildman–Crippen MR) is 59.7 cm³/mol. The van der Waals surface area contributed by atoms with Crippen LogP contribution in [0.1, 0.15) is 10.4 Å². The maximum Gasteiger partial charge on any atom is 0.167 e. The number of hydrogen-bond acceptors (Lipinski definition) is 2. The van der Waals surface area contributed by atoms with E-state index < -0.39 is 11.6 Å². The summed E-state index contributed by atoms with van der Waals surface area (Å²) in [4.78, 5) is 1.02. The van der Waals surface area contributed by atoms with Crippen LogP contribution in [0.25, 0.3) is 0 Å². The zero-order chi connectivity index (χ0) is 11.5. The van der Waals surface area contributed by atoms with Gasteiger partial charge in [0.15, 0.2) is 11.6 Å². The molecule has 1 aromatic heterocycles. The van der Waals surface area contributed by atoms with Crippen LogP contribution in [0.3, 0.4) is 0 Å². The molecule has 0 saturated carbocycles. The van der Waals surface area contributed by atoms with Gasteiger partial charge in [0.2, 0.25) is 0 Å². The Balaban J connectivity index is 2.04. The summed E-state index contributed by atoms with van der Waals surface area (Å²) >= 11 is 1.56. The van der Waals surface area contributed by atoms with Crippen molar-refractivity contribution in [3.63, 3.8) is 0 Å². The van der Waals surface area contributed by atoms with Crippen LogP contribution < -0.4 is 4.74 Å². The van der Waals surface area contributed by atoms with E-state index in [0.29, 0.717) is 6.61 Å². The highest BCUT2D eigenvalue weighted by Gasteiger charge is 2.05. The third kappa shape index (κ3) is 2.58. The Morgan fingerprint density at radius 3 is 2.69 bits per heavy atom. The third-order valence-electron chi connectivity index (χ3n) is 2.05. The quantitative estimate of drug-likeness (QED) is 0.790. The molecule has 0 aliphatic carbocycles. The average Bonchev–Trinajstić information content (AvgIpc) is 2.63. The van der Waals surface area contributed by atoms with Crippen molar-refractivity contribution in [3.8, 4) is 5.75 Å². The van der Waals surface area contributed by atoms with Gasteiger partial charge in [-0.3, -0.25) is 0 Å². The summed E-state index contributed by atoms with van der Waals surface area (Å²) in [7, 11) is 0. The minimum atomic E-state index is -0.673. The van der Waals surface area contributed by atoms with Gasteiger partial charge in [0.1, 0.15) is 12.4 Å². The summed E-state index contributed by atoms with van der Waals surface area (Å²) in [5.74, 6) is -1.20. The van der Waals surface area contributed by atoms with Crippen molar-refractivity contribution < 1.29 is 13.5 Å². The molecule has 0 unspecified atom stereocenters. The fourth-order valence-corrected chi connectivity index (χ4v) is 2.09. The topological polar surface area (TPSA) is 9.23 Å². The Morgan fingerprint density at radius 2 is 2.06 bits per heavy atom. The Hall–Kier alpha value is -1.42. The Bertz CT molecular complexity index is 494. The summed E-state index contributed by atoms with van der Waals surface area (Å²) < 4.78 is 31.1. The standard InChI is InChI=1S/C12H10F2OS/c1-8-4-10(16-7-8)6-15-12-3-2-9(13)5-11(12)14/h2-5,7H,6H2,1H3. The van der Waals surface area contributed by atoms with Crippen molar-refractivity contribution in [1.29, 1.82) is 0 Å². The van der Waals surface area contributed by atoms with Crippen molar-refractivity contribution in [3.05, 3.63) is 51.7 Å². The summed E-state index contributed by atoms with van der Waals surface area (Å²) in [6.07, 6.45) is 0. The molecule has 1 nitrogen and oxygen atoms in total. The largest absolute Gasteiger partial charge is 0.485 e. The van der Waals surface area contributed by atoms with E-state index in [0.717, 1.165) is 16.5 Å². The maximum atomic E-state index is 13.2. The first-order valence-electron chi connectivity index (χ1n) is 4.77. The van der Waals surface area contributed by atoms with Crippen LogP contribution in [0, 0.1) is 18.6 Å². The van der Waals surface area contributed by atoms with E-state index in [2.05, 4.69) is 0 Å². The Morgan fingerprint density at radius 1 is 1.25 bits per heavy atom. The molecule has 2 rings (SSSR count). The van der Waals surface area contributed by atoms with Gasteiger partial charge in [-0.05, 0) is 36.1 Å². The number of aryl methyl sites for hydroxylation is 1. The monoisotopic (exact) mass is 240 g/mol. The SMILES string of the molecule is Cc1csc(COc2ccc(F)cc2F)c1.